The van der Waals surface area contributed by atoms with Crippen LogP contribution in [-0.4, -0.2) is 130 Å². The number of unbranched alkanes of at least 4 members (excludes halogenated alkanes) is 3. The highest BCUT2D eigenvalue weighted by atomic mass is 16.8. The summed E-state index contributed by atoms with van der Waals surface area (Å²) in [7, 11) is 0. The second-order valence-corrected chi connectivity index (χ2v) is 22.9. The zero-order valence-corrected chi connectivity index (χ0v) is 49.9. The number of carbonyl (C=O) groups is 4. The van der Waals surface area contributed by atoms with Crippen molar-refractivity contribution in [2.24, 2.45) is 11.8 Å². The maximum atomic E-state index is 14.8. The van der Waals surface area contributed by atoms with E-state index in [4.69, 9.17) is 56.8 Å². The summed E-state index contributed by atoms with van der Waals surface area (Å²) in [6, 6.07) is 34.7. The summed E-state index contributed by atoms with van der Waals surface area (Å²) in [6.45, 7) is 11.5. The molecule has 2 saturated heterocycles. The fraction of sp³-hybridized carbons (Fsp3) is 0.588. The molecule has 4 aliphatic rings. The van der Waals surface area contributed by atoms with E-state index < -0.39 is 110 Å². The van der Waals surface area contributed by atoms with Gasteiger partial charge in [0.2, 0.25) is 0 Å². The Morgan fingerprint density at radius 2 is 1.02 bits per heavy atom. The van der Waals surface area contributed by atoms with Gasteiger partial charge in [0, 0.05) is 19.8 Å². The Morgan fingerprint density at radius 3 is 1.61 bits per heavy atom. The summed E-state index contributed by atoms with van der Waals surface area (Å²) >= 11 is 0. The monoisotopic (exact) mass is 1160 g/mol. The number of benzene rings is 4. The van der Waals surface area contributed by atoms with Gasteiger partial charge in [-0.3, -0.25) is 0 Å². The Kier molecular flexibility index (Phi) is 26.0. The van der Waals surface area contributed by atoms with Crippen molar-refractivity contribution in [2.75, 3.05) is 26.4 Å². The van der Waals surface area contributed by atoms with E-state index in [0.717, 1.165) is 89.0 Å². The largest absolute Gasteiger partial charge is 0.459 e. The summed E-state index contributed by atoms with van der Waals surface area (Å²) in [5, 5.41) is 0. The minimum Gasteiger partial charge on any atom is -0.459 e. The van der Waals surface area contributed by atoms with Crippen LogP contribution in [0.4, 0.5) is 0 Å². The topological polar surface area (TPSA) is 179 Å². The molecule has 8 rings (SSSR count). The number of carbonyl (C=O) groups excluding carboxylic acids is 4. The molecule has 14 atom stereocenters. The molecule has 84 heavy (non-hydrogen) atoms. The first-order chi connectivity index (χ1) is 41.0. The molecule has 2 saturated carbocycles. The molecule has 458 valence electrons. The van der Waals surface area contributed by atoms with Gasteiger partial charge >= 0.3 is 23.9 Å². The molecule has 2 aliphatic carbocycles. The van der Waals surface area contributed by atoms with Gasteiger partial charge in [0.05, 0.1) is 35.0 Å². The first-order valence-corrected chi connectivity index (χ1v) is 31.1. The van der Waals surface area contributed by atoms with Gasteiger partial charge in [-0.2, -0.15) is 0 Å². The van der Waals surface area contributed by atoms with Crippen LogP contribution in [0.2, 0.25) is 0 Å². The highest BCUT2D eigenvalue weighted by Crippen LogP contribution is 2.40. The molecule has 4 aromatic rings. The number of ether oxygens (including phenoxy) is 12. The van der Waals surface area contributed by atoms with Crippen molar-refractivity contribution < 1.29 is 76.0 Å². The zero-order valence-electron chi connectivity index (χ0n) is 49.9. The van der Waals surface area contributed by atoms with E-state index in [1.807, 2.05) is 37.3 Å². The third kappa shape index (κ3) is 18.5. The lowest BCUT2D eigenvalue weighted by Gasteiger charge is -2.49. The van der Waals surface area contributed by atoms with Crippen LogP contribution in [-0.2, 0) is 68.2 Å². The second kappa shape index (κ2) is 34.0. The van der Waals surface area contributed by atoms with Gasteiger partial charge in [-0.15, -0.1) is 0 Å². The lowest BCUT2D eigenvalue weighted by molar-refractivity contribution is -0.354. The van der Waals surface area contributed by atoms with E-state index in [1.54, 1.807) is 91.0 Å². The minimum atomic E-state index is -1.53. The summed E-state index contributed by atoms with van der Waals surface area (Å²) in [4.78, 5) is 58.1. The van der Waals surface area contributed by atoms with Crippen molar-refractivity contribution >= 4 is 23.9 Å². The molecular formula is C68H90O16. The van der Waals surface area contributed by atoms with E-state index >= 15 is 0 Å². The highest BCUT2D eigenvalue weighted by Gasteiger charge is 2.56. The molecule has 2 aliphatic heterocycles. The third-order valence-corrected chi connectivity index (χ3v) is 16.4. The van der Waals surface area contributed by atoms with Crippen LogP contribution in [0.5, 0.6) is 0 Å². The first kappa shape index (κ1) is 64.4. The van der Waals surface area contributed by atoms with E-state index in [1.165, 1.54) is 0 Å². The van der Waals surface area contributed by atoms with Crippen molar-refractivity contribution in [3.8, 4) is 0 Å². The van der Waals surface area contributed by atoms with E-state index in [-0.39, 0.29) is 41.6 Å². The van der Waals surface area contributed by atoms with Crippen molar-refractivity contribution in [3.63, 3.8) is 0 Å². The predicted octanol–water partition coefficient (Wildman–Crippen LogP) is 12.4. The maximum absolute atomic E-state index is 14.8. The molecule has 0 aromatic heterocycles. The van der Waals surface area contributed by atoms with Gasteiger partial charge in [0.25, 0.3) is 0 Å². The second-order valence-electron chi connectivity index (χ2n) is 22.9. The predicted molar refractivity (Wildman–Crippen MR) is 314 cm³/mol. The molecule has 0 spiro atoms. The van der Waals surface area contributed by atoms with Crippen LogP contribution >= 0.6 is 0 Å². The van der Waals surface area contributed by atoms with Gasteiger partial charge in [0.15, 0.2) is 30.9 Å². The van der Waals surface area contributed by atoms with Gasteiger partial charge in [-0.05, 0) is 99.2 Å². The standard InChI is InChI=1S/C68H90O16/c1-6-9-40-73-57-47(5)78-67(61(75-42-11-8-3)59(57)74-41-10-7-2)84-56-46(4)28-27-39-53(56)80-68-62(83-65(71)52-37-25-16-26-38-52)60(79-54(43-48-29-17-12-18-30-48)66(72)76-44-49-31-19-13-20-32-49)58(82-64(70)51-35-23-15-24-36-51)55(81-68)45-77-63(69)50-33-21-14-22-34-50/h13-16,19-26,31-38,46-48,53-62,67-68H,6-12,17-18,27-30,39-45H2,1-5H3/t46?,47?,53?,54-,55?,56?,57?,58?,59?,60?,61?,62?,67?,68?/m0/s1. The zero-order chi connectivity index (χ0) is 59.0. The number of esters is 4. The van der Waals surface area contributed by atoms with Crippen LogP contribution in [0, 0.1) is 11.8 Å². The van der Waals surface area contributed by atoms with Crippen LogP contribution in [0.3, 0.4) is 0 Å². The van der Waals surface area contributed by atoms with Gasteiger partial charge < -0.3 is 56.8 Å². The third-order valence-electron chi connectivity index (χ3n) is 16.4. The van der Waals surface area contributed by atoms with Gasteiger partial charge in [-0.1, -0.05) is 170 Å². The minimum absolute atomic E-state index is 0.0337. The fourth-order valence-corrected chi connectivity index (χ4v) is 11.6. The average Bonchev–Trinajstić information content (AvgIpc) is 3.58. The molecule has 0 N–H and O–H groups in total. The SMILES string of the molecule is CCCCOC1C(C)OC(OC2C(C)CCCC2OC2OC(COC(=O)c3ccccc3)C(OC(=O)c3ccccc3)C(O[C@@H](CC3CCCCC3)C(=O)OCc3ccccc3)C2OC(=O)c2ccccc2)C(OCCCC)C1OCCCC. The van der Waals surface area contributed by atoms with E-state index in [9.17, 15) is 19.2 Å². The molecule has 0 radical (unpaired) electrons. The highest BCUT2D eigenvalue weighted by molar-refractivity contribution is 5.90. The normalized spacial score (nSPS) is 27.7. The Balaban J connectivity index is 1.20. The Morgan fingerprint density at radius 1 is 0.500 bits per heavy atom. The van der Waals surface area contributed by atoms with Crippen LogP contribution in [0.25, 0.3) is 0 Å². The van der Waals surface area contributed by atoms with Crippen molar-refractivity contribution in [2.45, 2.75) is 217 Å². The molecule has 0 bridgehead atoms. The number of rotatable bonds is 30. The Labute approximate surface area is 497 Å². The van der Waals surface area contributed by atoms with Crippen molar-refractivity contribution in [3.05, 3.63) is 144 Å². The van der Waals surface area contributed by atoms with Crippen LogP contribution < -0.4 is 0 Å². The van der Waals surface area contributed by atoms with Crippen LogP contribution in [0.1, 0.15) is 168 Å². The molecule has 0 amide bonds. The van der Waals surface area contributed by atoms with Gasteiger partial charge in [0.1, 0.15) is 43.7 Å². The maximum Gasteiger partial charge on any atom is 0.338 e. The number of hydrogen-bond acceptors (Lipinski definition) is 16. The summed E-state index contributed by atoms with van der Waals surface area (Å²) in [5.41, 5.74) is 1.47. The Bertz CT molecular complexity index is 2550. The lowest BCUT2D eigenvalue weighted by Crippen LogP contribution is -2.65. The first-order valence-electron chi connectivity index (χ1n) is 31.1. The Hall–Kier alpha value is -5.56. The smallest absolute Gasteiger partial charge is 0.338 e. The molecule has 16 nitrogen and oxygen atoms in total. The molecule has 4 aromatic carbocycles. The number of hydrogen-bond donors (Lipinski definition) is 0. The molecule has 16 heteroatoms. The molecule has 2 heterocycles. The molecular weight excluding hydrogens is 1070 g/mol. The van der Waals surface area contributed by atoms with Crippen LogP contribution in [0.15, 0.2) is 121 Å². The summed E-state index contributed by atoms with van der Waals surface area (Å²) < 4.78 is 80.9. The fourth-order valence-electron chi connectivity index (χ4n) is 11.6. The quantitative estimate of drug-likeness (QED) is 0.0273. The average molecular weight is 1160 g/mol. The molecule has 13 unspecified atom stereocenters. The van der Waals surface area contributed by atoms with Crippen molar-refractivity contribution in [1.82, 2.24) is 0 Å². The summed E-state index contributed by atoms with van der Waals surface area (Å²) in [6.07, 6.45) is -0.511. The van der Waals surface area contributed by atoms with Crippen molar-refractivity contribution in [1.29, 1.82) is 0 Å². The summed E-state index contributed by atoms with van der Waals surface area (Å²) in [5.74, 6) is -2.85. The van der Waals surface area contributed by atoms with E-state index in [2.05, 4.69) is 27.7 Å². The van der Waals surface area contributed by atoms with E-state index in [0.29, 0.717) is 26.2 Å². The molecule has 4 fully saturated rings. The lowest BCUT2D eigenvalue weighted by atomic mass is 9.85. The van der Waals surface area contributed by atoms with Gasteiger partial charge in [-0.25, -0.2) is 19.2 Å².